The van der Waals surface area contributed by atoms with Crippen LogP contribution in [0.4, 0.5) is 17.5 Å². The molecule has 0 spiro atoms. The van der Waals surface area contributed by atoms with Crippen LogP contribution in [0, 0.1) is 5.92 Å². The second kappa shape index (κ2) is 10.2. The molecule has 174 valence electrons. The molecule has 1 aliphatic carbocycles. The molecule has 0 radical (unpaired) electrons. The second-order valence-corrected chi connectivity index (χ2v) is 8.93. The van der Waals surface area contributed by atoms with Crippen LogP contribution in [0.15, 0.2) is 30.5 Å². The number of hydrogen-bond donors (Lipinski definition) is 3. The number of anilines is 3. The fourth-order valence-electron chi connectivity index (χ4n) is 4.47. The number of hydrogen-bond acceptors (Lipinski definition) is 7. The number of nitrogens with one attached hydrogen (secondary N) is 3. The molecule has 2 fully saturated rings. The van der Waals surface area contributed by atoms with Gasteiger partial charge in [0.1, 0.15) is 13.7 Å². The van der Waals surface area contributed by atoms with E-state index in [1.165, 1.54) is 0 Å². The summed E-state index contributed by atoms with van der Waals surface area (Å²) in [5, 5.41) is 9.44. The summed E-state index contributed by atoms with van der Waals surface area (Å²) < 4.78 is 0. The van der Waals surface area contributed by atoms with Gasteiger partial charge in [-0.15, -0.1) is 0 Å². The van der Waals surface area contributed by atoms with Gasteiger partial charge < -0.3 is 25.8 Å². The SMILES string of the molecule is Bc1cnc(Nc2ccc(C(=O)N3CCN(C)CC3)cc2)nc1N[C@@H]1CCC[C@@H]1C(=O)NC. The first-order valence-corrected chi connectivity index (χ1v) is 11.6. The Morgan fingerprint density at radius 1 is 1.09 bits per heavy atom. The van der Waals surface area contributed by atoms with Gasteiger partial charge in [-0.25, -0.2) is 4.98 Å². The molecular weight excluding hydrogens is 417 g/mol. The molecule has 2 aliphatic rings. The zero-order valence-corrected chi connectivity index (χ0v) is 19.6. The number of likely N-dealkylation sites (N-methyl/N-ethyl adjacent to an activating group) is 1. The highest BCUT2D eigenvalue weighted by Crippen LogP contribution is 2.28. The molecule has 33 heavy (non-hydrogen) atoms. The Morgan fingerprint density at radius 2 is 1.82 bits per heavy atom. The summed E-state index contributed by atoms with van der Waals surface area (Å²) in [5.74, 6) is 1.29. The van der Waals surface area contributed by atoms with Crippen LogP contribution in [0.2, 0.25) is 0 Å². The van der Waals surface area contributed by atoms with Gasteiger partial charge in [-0.2, -0.15) is 4.98 Å². The molecule has 4 rings (SSSR count). The van der Waals surface area contributed by atoms with Gasteiger partial charge in [0.15, 0.2) is 0 Å². The largest absolute Gasteiger partial charge is 0.367 e. The lowest BCUT2D eigenvalue weighted by Gasteiger charge is -2.32. The molecule has 2 atom stereocenters. The molecule has 1 saturated heterocycles. The number of rotatable bonds is 6. The van der Waals surface area contributed by atoms with E-state index in [4.69, 9.17) is 0 Å². The van der Waals surface area contributed by atoms with E-state index >= 15 is 0 Å². The van der Waals surface area contributed by atoms with Crippen molar-refractivity contribution in [1.29, 1.82) is 0 Å². The Kier molecular flexibility index (Phi) is 7.12. The highest BCUT2D eigenvalue weighted by atomic mass is 16.2. The van der Waals surface area contributed by atoms with Crippen molar-refractivity contribution in [2.24, 2.45) is 5.92 Å². The van der Waals surface area contributed by atoms with E-state index < -0.39 is 0 Å². The van der Waals surface area contributed by atoms with E-state index in [0.29, 0.717) is 11.5 Å². The Balaban J connectivity index is 1.41. The topological polar surface area (TPSA) is 102 Å². The maximum atomic E-state index is 12.7. The Hall–Kier alpha value is -3.14. The summed E-state index contributed by atoms with van der Waals surface area (Å²) in [6, 6.07) is 7.48. The molecule has 2 aromatic rings. The van der Waals surface area contributed by atoms with Gasteiger partial charge in [0.25, 0.3) is 5.91 Å². The molecule has 1 aromatic carbocycles. The lowest BCUT2D eigenvalue weighted by atomic mass is 9.97. The van der Waals surface area contributed by atoms with Crippen LogP contribution in [0.1, 0.15) is 29.6 Å². The average Bonchev–Trinajstić information content (AvgIpc) is 3.29. The van der Waals surface area contributed by atoms with Gasteiger partial charge in [0.05, 0.1) is 5.92 Å². The molecular formula is C23H32BN7O2. The van der Waals surface area contributed by atoms with E-state index in [0.717, 1.165) is 62.4 Å². The van der Waals surface area contributed by atoms with Gasteiger partial charge in [-0.05, 0) is 49.6 Å². The quantitative estimate of drug-likeness (QED) is 0.542. The number of piperazine rings is 1. The first kappa shape index (κ1) is 23.0. The number of benzene rings is 1. The summed E-state index contributed by atoms with van der Waals surface area (Å²) in [5.41, 5.74) is 2.42. The Morgan fingerprint density at radius 3 is 2.52 bits per heavy atom. The Labute approximate surface area is 195 Å². The van der Waals surface area contributed by atoms with E-state index in [1.807, 2.05) is 37.0 Å². The average molecular weight is 449 g/mol. The minimum Gasteiger partial charge on any atom is -0.367 e. The van der Waals surface area contributed by atoms with Crippen LogP contribution in [-0.4, -0.2) is 85.7 Å². The molecule has 0 unspecified atom stereocenters. The monoisotopic (exact) mass is 449 g/mol. The summed E-state index contributed by atoms with van der Waals surface area (Å²) in [6.45, 7) is 3.31. The fraction of sp³-hybridized carbons (Fsp3) is 0.478. The van der Waals surface area contributed by atoms with Crippen molar-refractivity contribution in [2.45, 2.75) is 25.3 Å². The summed E-state index contributed by atoms with van der Waals surface area (Å²) in [6.07, 6.45) is 4.61. The van der Waals surface area contributed by atoms with E-state index in [9.17, 15) is 9.59 Å². The van der Waals surface area contributed by atoms with Crippen molar-refractivity contribution in [1.82, 2.24) is 25.1 Å². The molecule has 2 heterocycles. The van der Waals surface area contributed by atoms with Gasteiger partial charge in [-0.1, -0.05) is 6.42 Å². The molecule has 1 aliphatic heterocycles. The number of aromatic nitrogens is 2. The molecule has 1 aromatic heterocycles. The highest BCUT2D eigenvalue weighted by Gasteiger charge is 2.32. The number of nitrogens with zero attached hydrogens (tertiary/aromatic N) is 4. The fourth-order valence-corrected chi connectivity index (χ4v) is 4.47. The van der Waals surface area contributed by atoms with Gasteiger partial charge in [-0.3, -0.25) is 9.59 Å². The van der Waals surface area contributed by atoms with Crippen LogP contribution < -0.4 is 21.4 Å². The predicted octanol–water partition coefficient (Wildman–Crippen LogP) is 0.193. The highest BCUT2D eigenvalue weighted by molar-refractivity contribution is 6.35. The third kappa shape index (κ3) is 5.44. The van der Waals surface area contributed by atoms with Crippen molar-refractivity contribution in [2.75, 3.05) is 50.9 Å². The summed E-state index contributed by atoms with van der Waals surface area (Å²) in [7, 11) is 5.71. The van der Waals surface area contributed by atoms with E-state index in [2.05, 4.69) is 37.9 Å². The lowest BCUT2D eigenvalue weighted by Crippen LogP contribution is -2.47. The van der Waals surface area contributed by atoms with Crippen LogP contribution in [0.25, 0.3) is 0 Å². The van der Waals surface area contributed by atoms with Crippen LogP contribution in [-0.2, 0) is 4.79 Å². The predicted molar refractivity (Wildman–Crippen MR) is 132 cm³/mol. The minimum absolute atomic E-state index is 0.0499. The number of amides is 2. The van der Waals surface area contributed by atoms with Gasteiger partial charge in [0, 0.05) is 56.7 Å². The number of carbonyl (C=O) groups excluding carboxylic acids is 2. The zero-order chi connectivity index (χ0) is 23.4. The molecule has 1 saturated carbocycles. The van der Waals surface area contributed by atoms with Crippen molar-refractivity contribution in [3.05, 3.63) is 36.0 Å². The standard InChI is InChI=1S/C23H32BN7O2/c1-25-21(32)17-4-3-5-19(17)28-20-18(24)14-26-23(29-20)27-16-8-6-15(7-9-16)22(33)31-12-10-30(2)11-13-31/h6-9,14,17,19H,3-5,10-13,24H2,1-2H3,(H,25,32)(H2,26,27,28,29)/t17-,19+/m0/s1. The van der Waals surface area contributed by atoms with Crippen LogP contribution in [0.5, 0.6) is 0 Å². The third-order valence-electron chi connectivity index (χ3n) is 6.57. The van der Waals surface area contributed by atoms with Crippen molar-refractivity contribution in [3.8, 4) is 0 Å². The third-order valence-corrected chi connectivity index (χ3v) is 6.57. The molecule has 3 N–H and O–H groups in total. The molecule has 9 nitrogen and oxygen atoms in total. The van der Waals surface area contributed by atoms with Crippen LogP contribution >= 0.6 is 0 Å². The maximum Gasteiger partial charge on any atom is 0.253 e. The first-order valence-electron chi connectivity index (χ1n) is 11.6. The van der Waals surface area contributed by atoms with Crippen molar-refractivity contribution < 1.29 is 9.59 Å². The second-order valence-electron chi connectivity index (χ2n) is 8.93. The smallest absolute Gasteiger partial charge is 0.253 e. The normalized spacial score (nSPS) is 21.0. The molecule has 0 bridgehead atoms. The van der Waals surface area contributed by atoms with Crippen molar-refractivity contribution >= 4 is 42.6 Å². The first-order chi connectivity index (χ1) is 15.9. The minimum atomic E-state index is -0.0499. The summed E-state index contributed by atoms with van der Waals surface area (Å²) >= 11 is 0. The molecule has 10 heteroatoms. The van der Waals surface area contributed by atoms with E-state index in [-0.39, 0.29) is 23.8 Å². The molecule has 2 amide bonds. The van der Waals surface area contributed by atoms with Crippen LogP contribution in [0.3, 0.4) is 0 Å². The van der Waals surface area contributed by atoms with E-state index in [1.54, 1.807) is 13.2 Å². The van der Waals surface area contributed by atoms with Gasteiger partial charge >= 0.3 is 0 Å². The lowest BCUT2D eigenvalue weighted by molar-refractivity contribution is -0.124. The van der Waals surface area contributed by atoms with Crippen molar-refractivity contribution in [3.63, 3.8) is 0 Å². The van der Waals surface area contributed by atoms with Gasteiger partial charge in [0.2, 0.25) is 11.9 Å². The summed E-state index contributed by atoms with van der Waals surface area (Å²) in [4.78, 5) is 38.1. The number of carbonyl (C=O) groups is 2. The zero-order valence-electron chi connectivity index (χ0n) is 19.6. The Bertz CT molecular complexity index is 993. The maximum absolute atomic E-state index is 12.7.